The van der Waals surface area contributed by atoms with Gasteiger partial charge in [-0.3, -0.25) is 4.79 Å². The molecule has 0 aliphatic rings. The van der Waals surface area contributed by atoms with Gasteiger partial charge in [0.15, 0.2) is 0 Å². The van der Waals surface area contributed by atoms with Gasteiger partial charge in [-0.15, -0.1) is 12.6 Å². The van der Waals surface area contributed by atoms with Gasteiger partial charge in [-0.25, -0.2) is 0 Å². The lowest BCUT2D eigenvalue weighted by atomic mass is 10.3. The molecule has 0 aromatic heterocycles. The Morgan fingerprint density at radius 2 is 2.25 bits per heavy atom. The van der Waals surface area contributed by atoms with Gasteiger partial charge >= 0.3 is 0 Å². The Labute approximate surface area is 81.3 Å². The normalized spacial score (nSPS) is 9.58. The van der Waals surface area contributed by atoms with Crippen molar-refractivity contribution >= 4 is 35.8 Å². The number of benzene rings is 1. The van der Waals surface area contributed by atoms with Gasteiger partial charge in [-0.2, -0.15) is 0 Å². The summed E-state index contributed by atoms with van der Waals surface area (Å²) in [5, 5.41) is 3.15. The second-order valence-corrected chi connectivity index (χ2v) is 3.24. The van der Waals surface area contributed by atoms with Crippen LogP contribution in [0.1, 0.15) is 6.92 Å². The summed E-state index contributed by atoms with van der Waals surface area (Å²) in [6, 6.07) is 5.14. The topological polar surface area (TPSA) is 29.1 Å². The molecule has 0 aliphatic carbocycles. The maximum Gasteiger partial charge on any atom is 0.221 e. The van der Waals surface area contributed by atoms with Crippen molar-refractivity contribution < 1.29 is 4.79 Å². The molecule has 0 unspecified atom stereocenters. The quantitative estimate of drug-likeness (QED) is 0.672. The molecule has 0 radical (unpaired) electrons. The lowest BCUT2D eigenvalue weighted by Gasteiger charge is -2.02. The zero-order chi connectivity index (χ0) is 9.14. The zero-order valence-corrected chi connectivity index (χ0v) is 8.12. The minimum absolute atomic E-state index is 0.113. The standard InChI is InChI=1S/C8H8ClNOS/c1-5(11)10-6-2-3-8(12)7(9)4-6/h2-4,12H,1H3,(H,10,11). The molecule has 2 nitrogen and oxygen atoms in total. The summed E-state index contributed by atoms with van der Waals surface area (Å²) < 4.78 is 0. The van der Waals surface area contributed by atoms with E-state index in [2.05, 4.69) is 17.9 Å². The zero-order valence-electron chi connectivity index (χ0n) is 6.47. The number of carbonyl (C=O) groups is 1. The molecule has 64 valence electrons. The molecule has 1 amide bonds. The van der Waals surface area contributed by atoms with E-state index in [1.165, 1.54) is 6.92 Å². The van der Waals surface area contributed by atoms with Crippen molar-refractivity contribution in [1.29, 1.82) is 0 Å². The molecule has 0 heterocycles. The third-order valence-electron chi connectivity index (χ3n) is 1.27. The first-order valence-corrected chi connectivity index (χ1v) is 4.18. The van der Waals surface area contributed by atoms with Crippen LogP contribution >= 0.6 is 24.2 Å². The third kappa shape index (κ3) is 2.43. The Morgan fingerprint density at radius 3 is 2.75 bits per heavy atom. The first kappa shape index (κ1) is 9.42. The molecule has 1 aromatic rings. The van der Waals surface area contributed by atoms with Gasteiger partial charge < -0.3 is 5.32 Å². The lowest BCUT2D eigenvalue weighted by molar-refractivity contribution is -0.114. The van der Waals surface area contributed by atoms with E-state index in [1.807, 2.05) is 0 Å². The van der Waals surface area contributed by atoms with E-state index in [4.69, 9.17) is 11.6 Å². The lowest BCUT2D eigenvalue weighted by Crippen LogP contribution is -2.05. The second kappa shape index (κ2) is 3.83. The minimum Gasteiger partial charge on any atom is -0.326 e. The van der Waals surface area contributed by atoms with Crippen molar-refractivity contribution in [2.24, 2.45) is 0 Å². The summed E-state index contributed by atoms with van der Waals surface area (Å²) >= 11 is 9.86. The number of hydrogen-bond acceptors (Lipinski definition) is 2. The first-order chi connectivity index (χ1) is 5.59. The summed E-state index contributed by atoms with van der Waals surface area (Å²) in [7, 11) is 0. The molecule has 0 saturated carbocycles. The van der Waals surface area contributed by atoms with Gasteiger partial charge in [0.1, 0.15) is 0 Å². The minimum atomic E-state index is -0.113. The van der Waals surface area contributed by atoms with E-state index in [9.17, 15) is 4.79 Å². The molecule has 12 heavy (non-hydrogen) atoms. The van der Waals surface area contributed by atoms with Crippen molar-refractivity contribution in [3.63, 3.8) is 0 Å². The van der Waals surface area contributed by atoms with Crippen LogP contribution in [0.2, 0.25) is 5.02 Å². The molecule has 1 aromatic carbocycles. The number of thiol groups is 1. The molecule has 0 fully saturated rings. The summed E-state index contributed by atoms with van der Waals surface area (Å²) in [5.41, 5.74) is 0.685. The van der Waals surface area contributed by atoms with Crippen LogP contribution in [-0.4, -0.2) is 5.91 Å². The fourth-order valence-corrected chi connectivity index (χ4v) is 1.11. The number of carbonyl (C=O) groups excluding carboxylic acids is 1. The van der Waals surface area contributed by atoms with Gasteiger partial charge in [0.25, 0.3) is 0 Å². The van der Waals surface area contributed by atoms with Gasteiger partial charge in [0.05, 0.1) is 5.02 Å². The Bertz CT molecular complexity index is 314. The van der Waals surface area contributed by atoms with Crippen LogP contribution in [0.3, 0.4) is 0 Å². The maximum absolute atomic E-state index is 10.6. The van der Waals surface area contributed by atoms with Crippen molar-refractivity contribution in [3.8, 4) is 0 Å². The van der Waals surface area contributed by atoms with Crippen LogP contribution in [0, 0.1) is 0 Å². The van der Waals surface area contributed by atoms with Crippen molar-refractivity contribution in [2.45, 2.75) is 11.8 Å². The van der Waals surface area contributed by atoms with Crippen molar-refractivity contribution in [3.05, 3.63) is 23.2 Å². The number of nitrogens with one attached hydrogen (secondary N) is 1. The van der Waals surface area contributed by atoms with E-state index in [0.717, 1.165) is 0 Å². The summed E-state index contributed by atoms with van der Waals surface area (Å²) in [5.74, 6) is -0.113. The van der Waals surface area contributed by atoms with E-state index in [1.54, 1.807) is 18.2 Å². The second-order valence-electron chi connectivity index (χ2n) is 2.35. The fourth-order valence-electron chi connectivity index (χ4n) is 0.788. The molecule has 1 rings (SSSR count). The predicted molar refractivity (Wildman–Crippen MR) is 53.0 cm³/mol. The summed E-state index contributed by atoms with van der Waals surface area (Å²) in [6.07, 6.45) is 0. The van der Waals surface area contributed by atoms with Crippen LogP contribution in [0.15, 0.2) is 23.1 Å². The Balaban J connectivity index is 2.89. The van der Waals surface area contributed by atoms with E-state index in [-0.39, 0.29) is 5.91 Å². The highest BCUT2D eigenvalue weighted by molar-refractivity contribution is 7.80. The average molecular weight is 202 g/mol. The van der Waals surface area contributed by atoms with Crippen molar-refractivity contribution in [1.82, 2.24) is 0 Å². The molecule has 4 heteroatoms. The Morgan fingerprint density at radius 1 is 1.58 bits per heavy atom. The van der Waals surface area contributed by atoms with E-state index >= 15 is 0 Å². The SMILES string of the molecule is CC(=O)Nc1ccc(S)c(Cl)c1. The monoisotopic (exact) mass is 201 g/mol. The Kier molecular flexibility index (Phi) is 3.00. The molecule has 1 N–H and O–H groups in total. The summed E-state index contributed by atoms with van der Waals surface area (Å²) in [4.78, 5) is 11.3. The number of hydrogen-bond donors (Lipinski definition) is 2. The molecule has 0 bridgehead atoms. The molecule has 0 atom stereocenters. The van der Waals surface area contributed by atoms with Crippen LogP contribution in [0.25, 0.3) is 0 Å². The molecule has 0 spiro atoms. The number of halogens is 1. The number of anilines is 1. The number of amides is 1. The highest BCUT2D eigenvalue weighted by Gasteiger charge is 1.98. The van der Waals surface area contributed by atoms with Gasteiger partial charge in [0.2, 0.25) is 5.91 Å². The molecular weight excluding hydrogens is 194 g/mol. The fraction of sp³-hybridized carbons (Fsp3) is 0.125. The van der Waals surface area contributed by atoms with E-state index < -0.39 is 0 Å². The Hall–Kier alpha value is -0.670. The highest BCUT2D eigenvalue weighted by Crippen LogP contribution is 2.23. The van der Waals surface area contributed by atoms with Crippen LogP contribution < -0.4 is 5.32 Å². The third-order valence-corrected chi connectivity index (χ3v) is 2.10. The van der Waals surface area contributed by atoms with Crippen LogP contribution in [0.5, 0.6) is 0 Å². The maximum atomic E-state index is 10.6. The highest BCUT2D eigenvalue weighted by atomic mass is 35.5. The average Bonchev–Trinajstić information content (AvgIpc) is 1.96. The smallest absolute Gasteiger partial charge is 0.221 e. The van der Waals surface area contributed by atoms with Gasteiger partial charge in [0, 0.05) is 17.5 Å². The molecule has 0 aliphatic heterocycles. The van der Waals surface area contributed by atoms with Gasteiger partial charge in [-0.05, 0) is 18.2 Å². The predicted octanol–water partition coefficient (Wildman–Crippen LogP) is 2.59. The summed E-state index contributed by atoms with van der Waals surface area (Å²) in [6.45, 7) is 1.45. The van der Waals surface area contributed by atoms with Crippen LogP contribution in [0.4, 0.5) is 5.69 Å². The van der Waals surface area contributed by atoms with Crippen molar-refractivity contribution in [2.75, 3.05) is 5.32 Å². The molecular formula is C8H8ClNOS. The van der Waals surface area contributed by atoms with Gasteiger partial charge in [-0.1, -0.05) is 11.6 Å². The van der Waals surface area contributed by atoms with Crippen LogP contribution in [-0.2, 0) is 4.79 Å². The first-order valence-electron chi connectivity index (χ1n) is 3.35. The number of rotatable bonds is 1. The largest absolute Gasteiger partial charge is 0.326 e. The van der Waals surface area contributed by atoms with E-state index in [0.29, 0.717) is 15.6 Å². The molecule has 0 saturated heterocycles.